The lowest BCUT2D eigenvalue weighted by molar-refractivity contribution is 0.698. The van der Waals surface area contributed by atoms with Crippen molar-refractivity contribution in [3.05, 3.63) is 16.0 Å². The van der Waals surface area contributed by atoms with Crippen LogP contribution in [0.4, 0.5) is 5.95 Å². The molecular formula is C10H15ClIN3. The van der Waals surface area contributed by atoms with E-state index in [1.165, 1.54) is 0 Å². The highest BCUT2D eigenvalue weighted by Crippen LogP contribution is 2.08. The highest BCUT2D eigenvalue weighted by atomic mass is 127. The number of rotatable bonds is 6. The molecule has 0 atom stereocenters. The molecule has 15 heavy (non-hydrogen) atoms. The minimum absolute atomic E-state index is 0.754. The van der Waals surface area contributed by atoms with E-state index in [0.29, 0.717) is 0 Å². The van der Waals surface area contributed by atoms with Crippen LogP contribution in [-0.2, 0) is 0 Å². The number of anilines is 1. The van der Waals surface area contributed by atoms with Crippen molar-refractivity contribution in [2.75, 3.05) is 24.4 Å². The molecule has 0 saturated carbocycles. The maximum Gasteiger partial charge on any atom is 0.225 e. The second kappa shape index (κ2) is 7.22. The molecule has 0 aliphatic rings. The number of unbranched alkanes of at least 4 members (excludes halogenated alkanes) is 2. The summed E-state index contributed by atoms with van der Waals surface area (Å²) >= 11 is 7.81. The average molecular weight is 340 g/mol. The Kier molecular flexibility index (Phi) is 6.24. The first-order valence-corrected chi connectivity index (χ1v) is 6.60. The van der Waals surface area contributed by atoms with Gasteiger partial charge in [0, 0.05) is 35.4 Å². The van der Waals surface area contributed by atoms with E-state index in [1.54, 1.807) is 0 Å². The van der Waals surface area contributed by atoms with E-state index in [2.05, 4.69) is 37.5 Å². The molecule has 0 fully saturated rings. The van der Waals surface area contributed by atoms with E-state index < -0.39 is 0 Å². The third kappa shape index (κ3) is 4.97. The normalized spacial score (nSPS) is 10.3. The smallest absolute Gasteiger partial charge is 0.225 e. The third-order valence-corrected chi connectivity index (χ3v) is 2.90. The molecule has 5 heteroatoms. The molecule has 0 aliphatic heterocycles. The number of alkyl halides is 1. The predicted molar refractivity (Wildman–Crippen MR) is 72.6 cm³/mol. The van der Waals surface area contributed by atoms with Crippen molar-refractivity contribution in [1.82, 2.24) is 9.97 Å². The van der Waals surface area contributed by atoms with Gasteiger partial charge in [0.1, 0.15) is 0 Å². The molecule has 0 spiro atoms. The molecule has 3 nitrogen and oxygen atoms in total. The first kappa shape index (κ1) is 13.0. The fourth-order valence-electron chi connectivity index (χ4n) is 1.22. The summed E-state index contributed by atoms with van der Waals surface area (Å²) in [5.41, 5.74) is 0. The van der Waals surface area contributed by atoms with Crippen molar-refractivity contribution in [2.45, 2.75) is 19.3 Å². The quantitative estimate of drug-likeness (QED) is 0.453. The van der Waals surface area contributed by atoms with Crippen LogP contribution in [0.1, 0.15) is 19.3 Å². The van der Waals surface area contributed by atoms with Crippen LogP contribution in [0.25, 0.3) is 0 Å². The largest absolute Gasteiger partial charge is 0.344 e. The summed E-state index contributed by atoms with van der Waals surface area (Å²) in [6.07, 6.45) is 7.05. The Morgan fingerprint density at radius 1 is 1.27 bits per heavy atom. The molecule has 1 aromatic rings. The van der Waals surface area contributed by atoms with E-state index in [0.717, 1.165) is 41.2 Å². The topological polar surface area (TPSA) is 29.0 Å². The van der Waals surface area contributed by atoms with Crippen molar-refractivity contribution in [1.29, 1.82) is 0 Å². The molecule has 0 aliphatic carbocycles. The van der Waals surface area contributed by atoms with Crippen LogP contribution in [0.2, 0.25) is 0 Å². The Hall–Kier alpha value is -0.100. The maximum absolute atomic E-state index is 5.61. The fourth-order valence-corrected chi connectivity index (χ4v) is 1.69. The highest BCUT2D eigenvalue weighted by molar-refractivity contribution is 14.1. The molecule has 84 valence electrons. The zero-order valence-electron chi connectivity index (χ0n) is 8.79. The van der Waals surface area contributed by atoms with Gasteiger partial charge in [-0.2, -0.15) is 0 Å². The molecule has 0 amide bonds. The molecule has 1 rings (SSSR count). The lowest BCUT2D eigenvalue weighted by Crippen LogP contribution is -2.20. The summed E-state index contributed by atoms with van der Waals surface area (Å²) in [6.45, 7) is 0.984. The summed E-state index contributed by atoms with van der Waals surface area (Å²) in [6, 6.07) is 0. The van der Waals surface area contributed by atoms with Gasteiger partial charge in [-0.05, 0) is 35.4 Å². The van der Waals surface area contributed by atoms with Gasteiger partial charge in [0.15, 0.2) is 0 Å². The summed E-state index contributed by atoms with van der Waals surface area (Å²) in [5, 5.41) is 0. The predicted octanol–water partition coefficient (Wildman–Crippen LogP) is 2.93. The molecule has 1 aromatic heterocycles. The van der Waals surface area contributed by atoms with Crippen LogP contribution < -0.4 is 4.90 Å². The molecule has 0 bridgehead atoms. The summed E-state index contributed by atoms with van der Waals surface area (Å²) in [7, 11) is 2.02. The summed E-state index contributed by atoms with van der Waals surface area (Å²) in [5.74, 6) is 1.55. The second-order valence-electron chi connectivity index (χ2n) is 3.37. The Bertz CT molecular complexity index is 279. The molecule has 0 radical (unpaired) electrons. The van der Waals surface area contributed by atoms with Crippen LogP contribution in [0.5, 0.6) is 0 Å². The summed E-state index contributed by atoms with van der Waals surface area (Å²) < 4.78 is 1.06. The number of hydrogen-bond acceptors (Lipinski definition) is 3. The average Bonchev–Trinajstić information content (AvgIpc) is 2.25. The third-order valence-electron chi connectivity index (χ3n) is 2.08. The Balaban J connectivity index is 2.33. The van der Waals surface area contributed by atoms with E-state index in [-0.39, 0.29) is 0 Å². The number of aromatic nitrogens is 2. The van der Waals surface area contributed by atoms with Gasteiger partial charge in [0.25, 0.3) is 0 Å². The van der Waals surface area contributed by atoms with Crippen LogP contribution in [0.3, 0.4) is 0 Å². The number of halogens is 2. The van der Waals surface area contributed by atoms with Gasteiger partial charge in [0.05, 0.1) is 0 Å². The van der Waals surface area contributed by atoms with Gasteiger partial charge in [-0.15, -0.1) is 11.6 Å². The molecule has 1 heterocycles. The van der Waals surface area contributed by atoms with Gasteiger partial charge < -0.3 is 4.90 Å². The Morgan fingerprint density at radius 3 is 2.53 bits per heavy atom. The molecule has 0 unspecified atom stereocenters. The lowest BCUT2D eigenvalue weighted by Gasteiger charge is -2.16. The first-order valence-electron chi connectivity index (χ1n) is 4.98. The Labute approximate surface area is 109 Å². The van der Waals surface area contributed by atoms with E-state index in [4.69, 9.17) is 11.6 Å². The zero-order valence-corrected chi connectivity index (χ0v) is 11.7. The Morgan fingerprint density at radius 2 is 1.93 bits per heavy atom. The standard InChI is InChI=1S/C10H15ClIN3/c1-15(6-4-2-3-5-11)10-13-7-9(12)8-14-10/h7-8H,2-6H2,1H3. The van der Waals surface area contributed by atoms with Gasteiger partial charge in [-0.25, -0.2) is 9.97 Å². The maximum atomic E-state index is 5.61. The molecular weight excluding hydrogens is 324 g/mol. The van der Waals surface area contributed by atoms with Gasteiger partial charge in [-0.1, -0.05) is 6.42 Å². The van der Waals surface area contributed by atoms with Crippen LogP contribution in [-0.4, -0.2) is 29.4 Å². The summed E-state index contributed by atoms with van der Waals surface area (Å²) in [4.78, 5) is 10.6. The van der Waals surface area contributed by atoms with Crippen molar-refractivity contribution < 1.29 is 0 Å². The van der Waals surface area contributed by atoms with Crippen LogP contribution >= 0.6 is 34.2 Å². The second-order valence-corrected chi connectivity index (χ2v) is 5.00. The minimum Gasteiger partial charge on any atom is -0.344 e. The number of nitrogens with zero attached hydrogens (tertiary/aromatic N) is 3. The first-order chi connectivity index (χ1) is 7.24. The highest BCUT2D eigenvalue weighted by Gasteiger charge is 2.02. The minimum atomic E-state index is 0.754. The molecule has 0 N–H and O–H groups in total. The van der Waals surface area contributed by atoms with Crippen molar-refractivity contribution in [3.8, 4) is 0 Å². The van der Waals surface area contributed by atoms with Crippen molar-refractivity contribution in [2.24, 2.45) is 0 Å². The molecule has 0 aromatic carbocycles. The monoisotopic (exact) mass is 339 g/mol. The van der Waals surface area contributed by atoms with E-state index >= 15 is 0 Å². The number of hydrogen-bond donors (Lipinski definition) is 0. The van der Waals surface area contributed by atoms with Gasteiger partial charge in [-0.3, -0.25) is 0 Å². The fraction of sp³-hybridized carbons (Fsp3) is 0.600. The van der Waals surface area contributed by atoms with Crippen molar-refractivity contribution >= 4 is 40.1 Å². The lowest BCUT2D eigenvalue weighted by atomic mass is 10.2. The van der Waals surface area contributed by atoms with E-state index in [9.17, 15) is 0 Å². The zero-order chi connectivity index (χ0) is 11.1. The SMILES string of the molecule is CN(CCCCCCl)c1ncc(I)cn1. The molecule has 0 saturated heterocycles. The van der Waals surface area contributed by atoms with E-state index in [1.807, 2.05) is 19.4 Å². The van der Waals surface area contributed by atoms with Gasteiger partial charge >= 0.3 is 0 Å². The van der Waals surface area contributed by atoms with Gasteiger partial charge in [0.2, 0.25) is 5.95 Å². The van der Waals surface area contributed by atoms with Crippen LogP contribution in [0.15, 0.2) is 12.4 Å². The van der Waals surface area contributed by atoms with Crippen molar-refractivity contribution in [3.63, 3.8) is 0 Å². The van der Waals surface area contributed by atoms with Crippen LogP contribution in [0, 0.1) is 3.57 Å².